The number of nitrogen functional groups attached to an aromatic ring is 1. The molecule has 0 spiro atoms. The van der Waals surface area contributed by atoms with Crippen LogP contribution in [0.4, 0.5) is 11.4 Å². The van der Waals surface area contributed by atoms with Crippen molar-refractivity contribution in [2.75, 3.05) is 23.7 Å². The monoisotopic (exact) mass is 191 g/mol. The van der Waals surface area contributed by atoms with Gasteiger partial charge in [0, 0.05) is 19.3 Å². The summed E-state index contributed by atoms with van der Waals surface area (Å²) in [4.78, 5) is 6.36. The van der Waals surface area contributed by atoms with Crippen LogP contribution >= 0.6 is 0 Å². The van der Waals surface area contributed by atoms with Crippen molar-refractivity contribution in [2.45, 2.75) is 13.8 Å². The molecule has 2 heterocycles. The number of pyridine rings is 1. The van der Waals surface area contributed by atoms with Gasteiger partial charge in [0.2, 0.25) is 0 Å². The molecular weight excluding hydrogens is 174 g/mol. The highest BCUT2D eigenvalue weighted by atomic mass is 15.2. The van der Waals surface area contributed by atoms with Crippen LogP contribution in [0.1, 0.15) is 13.8 Å². The van der Waals surface area contributed by atoms with Crippen LogP contribution in [0.3, 0.4) is 0 Å². The first-order valence-electron chi connectivity index (χ1n) is 5.13. The summed E-state index contributed by atoms with van der Waals surface area (Å²) >= 11 is 0. The van der Waals surface area contributed by atoms with Crippen LogP contribution in [0, 0.1) is 11.8 Å². The Labute approximate surface area is 84.9 Å². The van der Waals surface area contributed by atoms with Gasteiger partial charge in [0.15, 0.2) is 0 Å². The molecular formula is C11H17N3. The van der Waals surface area contributed by atoms with Crippen LogP contribution in [0.15, 0.2) is 18.5 Å². The summed E-state index contributed by atoms with van der Waals surface area (Å²) in [6.45, 7) is 6.80. The molecule has 0 amide bonds. The van der Waals surface area contributed by atoms with Crippen LogP contribution in [-0.4, -0.2) is 18.1 Å². The van der Waals surface area contributed by atoms with Crippen LogP contribution in [-0.2, 0) is 0 Å². The smallest absolute Gasteiger partial charge is 0.0738 e. The molecule has 0 bridgehead atoms. The first-order valence-corrected chi connectivity index (χ1v) is 5.13. The molecule has 0 saturated carbocycles. The second-order valence-corrected chi connectivity index (χ2v) is 4.29. The summed E-state index contributed by atoms with van der Waals surface area (Å²) in [6, 6.07) is 2.00. The minimum absolute atomic E-state index is 0.752. The van der Waals surface area contributed by atoms with Gasteiger partial charge in [-0.1, -0.05) is 13.8 Å². The lowest BCUT2D eigenvalue weighted by Crippen LogP contribution is -2.20. The van der Waals surface area contributed by atoms with E-state index in [4.69, 9.17) is 5.73 Å². The molecule has 0 radical (unpaired) electrons. The highest BCUT2D eigenvalue weighted by Crippen LogP contribution is 2.30. The number of rotatable bonds is 1. The lowest BCUT2D eigenvalue weighted by Gasteiger charge is -2.19. The zero-order valence-electron chi connectivity index (χ0n) is 8.77. The van der Waals surface area contributed by atoms with Crippen LogP contribution in [0.5, 0.6) is 0 Å². The minimum atomic E-state index is 0.752. The molecule has 0 aromatic carbocycles. The van der Waals surface area contributed by atoms with Gasteiger partial charge in [0.05, 0.1) is 17.6 Å². The van der Waals surface area contributed by atoms with Crippen LogP contribution in [0.2, 0.25) is 0 Å². The van der Waals surface area contributed by atoms with E-state index in [-0.39, 0.29) is 0 Å². The number of anilines is 2. The van der Waals surface area contributed by atoms with E-state index in [1.165, 1.54) is 0 Å². The summed E-state index contributed by atoms with van der Waals surface area (Å²) in [7, 11) is 0. The average molecular weight is 191 g/mol. The highest BCUT2D eigenvalue weighted by molar-refractivity contribution is 5.66. The summed E-state index contributed by atoms with van der Waals surface area (Å²) in [5.74, 6) is 1.50. The Hall–Kier alpha value is -1.25. The third-order valence-corrected chi connectivity index (χ3v) is 3.16. The van der Waals surface area contributed by atoms with E-state index in [2.05, 4.69) is 23.7 Å². The Morgan fingerprint density at radius 1 is 1.36 bits per heavy atom. The zero-order chi connectivity index (χ0) is 10.1. The Balaban J connectivity index is 2.21. The van der Waals surface area contributed by atoms with E-state index in [1.807, 2.05) is 6.07 Å². The van der Waals surface area contributed by atoms with Gasteiger partial charge in [-0.25, -0.2) is 0 Å². The predicted molar refractivity (Wildman–Crippen MR) is 59.2 cm³/mol. The summed E-state index contributed by atoms with van der Waals surface area (Å²) in [6.07, 6.45) is 3.53. The molecule has 14 heavy (non-hydrogen) atoms. The van der Waals surface area contributed by atoms with Gasteiger partial charge in [-0.2, -0.15) is 0 Å². The summed E-state index contributed by atoms with van der Waals surface area (Å²) in [5, 5.41) is 0. The summed E-state index contributed by atoms with van der Waals surface area (Å²) in [5.41, 5.74) is 7.81. The van der Waals surface area contributed by atoms with Gasteiger partial charge < -0.3 is 10.6 Å². The first-order chi connectivity index (χ1) is 6.68. The van der Waals surface area contributed by atoms with Gasteiger partial charge in [0.1, 0.15) is 0 Å². The van der Waals surface area contributed by atoms with Crippen molar-refractivity contribution >= 4 is 11.4 Å². The van der Waals surface area contributed by atoms with E-state index >= 15 is 0 Å². The number of hydrogen-bond acceptors (Lipinski definition) is 3. The summed E-state index contributed by atoms with van der Waals surface area (Å²) < 4.78 is 0. The standard InChI is InChI=1S/C11H17N3/c1-8-6-14(7-9(8)2)11-3-4-13-5-10(11)12/h3-5,8-9H,6-7,12H2,1-2H3. The average Bonchev–Trinajstić information content (AvgIpc) is 2.48. The minimum Gasteiger partial charge on any atom is -0.396 e. The Morgan fingerprint density at radius 3 is 2.57 bits per heavy atom. The Morgan fingerprint density at radius 2 is 2.00 bits per heavy atom. The molecule has 2 unspecified atom stereocenters. The molecule has 2 rings (SSSR count). The molecule has 1 aromatic heterocycles. The molecule has 0 aliphatic carbocycles. The van der Waals surface area contributed by atoms with Gasteiger partial charge in [-0.3, -0.25) is 4.98 Å². The van der Waals surface area contributed by atoms with Gasteiger partial charge in [0.25, 0.3) is 0 Å². The normalized spacial score (nSPS) is 26.9. The number of aromatic nitrogens is 1. The van der Waals surface area contributed by atoms with Crippen molar-refractivity contribution in [3.05, 3.63) is 18.5 Å². The van der Waals surface area contributed by atoms with E-state index in [0.717, 1.165) is 36.3 Å². The largest absolute Gasteiger partial charge is 0.396 e. The molecule has 1 aromatic rings. The second-order valence-electron chi connectivity index (χ2n) is 4.29. The van der Waals surface area contributed by atoms with Crippen molar-refractivity contribution < 1.29 is 0 Å². The molecule has 1 aliphatic heterocycles. The topological polar surface area (TPSA) is 42.2 Å². The predicted octanol–water partition coefficient (Wildman–Crippen LogP) is 1.76. The highest BCUT2D eigenvalue weighted by Gasteiger charge is 2.26. The van der Waals surface area contributed by atoms with Gasteiger partial charge in [-0.15, -0.1) is 0 Å². The quantitative estimate of drug-likeness (QED) is 0.735. The van der Waals surface area contributed by atoms with E-state index < -0.39 is 0 Å². The third kappa shape index (κ3) is 1.54. The third-order valence-electron chi connectivity index (χ3n) is 3.16. The van der Waals surface area contributed by atoms with Crippen LogP contribution < -0.4 is 10.6 Å². The molecule has 1 fully saturated rings. The van der Waals surface area contributed by atoms with Crippen molar-refractivity contribution in [2.24, 2.45) is 11.8 Å². The van der Waals surface area contributed by atoms with E-state index in [1.54, 1.807) is 12.4 Å². The number of nitrogens with two attached hydrogens (primary N) is 1. The Kier molecular flexibility index (Phi) is 2.32. The van der Waals surface area contributed by atoms with Gasteiger partial charge in [-0.05, 0) is 17.9 Å². The molecule has 76 valence electrons. The second kappa shape index (κ2) is 3.48. The fourth-order valence-corrected chi connectivity index (χ4v) is 2.01. The van der Waals surface area contributed by atoms with E-state index in [0.29, 0.717) is 0 Å². The first kappa shape index (κ1) is 9.31. The maximum atomic E-state index is 5.89. The Bertz CT molecular complexity index is 314. The lowest BCUT2D eigenvalue weighted by molar-refractivity contribution is 0.494. The van der Waals surface area contributed by atoms with Crippen LogP contribution in [0.25, 0.3) is 0 Å². The van der Waals surface area contributed by atoms with Crippen molar-refractivity contribution in [1.82, 2.24) is 4.98 Å². The fourth-order valence-electron chi connectivity index (χ4n) is 2.01. The molecule has 1 aliphatic rings. The number of hydrogen-bond donors (Lipinski definition) is 1. The lowest BCUT2D eigenvalue weighted by atomic mass is 10.0. The molecule has 1 saturated heterocycles. The van der Waals surface area contributed by atoms with Crippen molar-refractivity contribution in [3.8, 4) is 0 Å². The maximum absolute atomic E-state index is 5.89. The van der Waals surface area contributed by atoms with Crippen molar-refractivity contribution in [1.29, 1.82) is 0 Å². The van der Waals surface area contributed by atoms with Gasteiger partial charge >= 0.3 is 0 Å². The van der Waals surface area contributed by atoms with E-state index in [9.17, 15) is 0 Å². The number of nitrogens with zero attached hydrogens (tertiary/aromatic N) is 2. The SMILES string of the molecule is CC1CN(c2ccncc2N)CC1C. The molecule has 2 atom stereocenters. The van der Waals surface area contributed by atoms with Crippen molar-refractivity contribution in [3.63, 3.8) is 0 Å². The fraction of sp³-hybridized carbons (Fsp3) is 0.545. The molecule has 3 nitrogen and oxygen atoms in total. The zero-order valence-corrected chi connectivity index (χ0v) is 8.77. The molecule has 3 heteroatoms. The maximum Gasteiger partial charge on any atom is 0.0738 e. The molecule has 2 N–H and O–H groups in total.